The number of nitrogens with one attached hydrogen (secondary N) is 1. The summed E-state index contributed by atoms with van der Waals surface area (Å²) in [5.41, 5.74) is -0.202. The van der Waals surface area contributed by atoms with Gasteiger partial charge in [-0.2, -0.15) is 0 Å². The molecule has 1 aromatic carbocycles. The number of hydrogen-bond acceptors (Lipinski definition) is 4. The Balaban J connectivity index is 1.48. The normalized spacial score (nSPS) is 20.1. The van der Waals surface area contributed by atoms with Crippen molar-refractivity contribution in [2.45, 2.75) is 51.3 Å². The number of amides is 1. The fourth-order valence-corrected chi connectivity index (χ4v) is 4.26. The number of likely N-dealkylation sites (N-methyl/N-ethyl adjacent to an activating group) is 1. The predicted octanol–water partition coefficient (Wildman–Crippen LogP) is 3.56. The Bertz CT molecular complexity index is 699. The number of likely N-dealkylation sites (tertiary alicyclic amines) is 1. The van der Waals surface area contributed by atoms with E-state index in [1.54, 1.807) is 4.90 Å². The molecule has 0 aromatic heterocycles. The summed E-state index contributed by atoms with van der Waals surface area (Å²) in [4.78, 5) is 15.7. The van der Waals surface area contributed by atoms with Gasteiger partial charge in [-0.1, -0.05) is 6.07 Å². The number of halogens is 2. The lowest BCUT2D eigenvalue weighted by Gasteiger charge is -2.59. The van der Waals surface area contributed by atoms with Crippen molar-refractivity contribution < 1.29 is 18.3 Å². The Labute approximate surface area is 166 Å². The van der Waals surface area contributed by atoms with Gasteiger partial charge in [0.25, 0.3) is 0 Å². The van der Waals surface area contributed by atoms with E-state index in [4.69, 9.17) is 4.74 Å². The van der Waals surface area contributed by atoms with Crippen LogP contribution >= 0.6 is 0 Å². The van der Waals surface area contributed by atoms with Crippen LogP contribution in [0.15, 0.2) is 18.2 Å². The Morgan fingerprint density at radius 2 is 1.86 bits per heavy atom. The van der Waals surface area contributed by atoms with Crippen LogP contribution < -0.4 is 5.32 Å². The minimum absolute atomic E-state index is 0.105. The van der Waals surface area contributed by atoms with E-state index < -0.39 is 17.2 Å². The highest BCUT2D eigenvalue weighted by molar-refractivity contribution is 5.69. The van der Waals surface area contributed by atoms with Crippen molar-refractivity contribution in [1.82, 2.24) is 15.1 Å². The average Bonchev–Trinajstić information content (AvgIpc) is 2.47. The van der Waals surface area contributed by atoms with Crippen LogP contribution in [0.2, 0.25) is 0 Å². The highest BCUT2D eigenvalue weighted by Gasteiger charge is 2.54. The van der Waals surface area contributed by atoms with E-state index in [1.807, 2.05) is 39.8 Å². The lowest BCUT2D eigenvalue weighted by atomic mass is 9.60. The number of rotatable bonds is 5. The number of carbonyl (C=O) groups excluding carboxylic acids is 1. The van der Waals surface area contributed by atoms with Crippen molar-refractivity contribution in [1.29, 1.82) is 0 Å². The van der Waals surface area contributed by atoms with Crippen molar-refractivity contribution in [3.63, 3.8) is 0 Å². The maximum atomic E-state index is 14.2. The molecule has 7 heteroatoms. The van der Waals surface area contributed by atoms with Gasteiger partial charge < -0.3 is 19.9 Å². The van der Waals surface area contributed by atoms with E-state index in [2.05, 4.69) is 5.32 Å². The van der Waals surface area contributed by atoms with Gasteiger partial charge in [-0.05, 0) is 59.8 Å². The molecule has 1 aliphatic heterocycles. The molecule has 28 heavy (non-hydrogen) atoms. The molecule has 1 aliphatic carbocycles. The lowest BCUT2D eigenvalue weighted by molar-refractivity contribution is -0.0833. The monoisotopic (exact) mass is 395 g/mol. The molecule has 1 unspecified atom stereocenters. The first-order valence-corrected chi connectivity index (χ1v) is 9.81. The van der Waals surface area contributed by atoms with Gasteiger partial charge in [0.05, 0.1) is 6.04 Å². The molecule has 2 fully saturated rings. The third-order valence-electron chi connectivity index (χ3n) is 5.62. The standard InChI is InChI=1S/C21H31F2N3O2/c1-20(2,3)28-19(27)26-12-21(13-26)9-14(10-21)24-11-17(25(4)5)18-15(22)7-6-8-16(18)23/h6-8,14,17,24H,9-13H2,1-5H3. The van der Waals surface area contributed by atoms with Crippen LogP contribution in [0.3, 0.4) is 0 Å². The summed E-state index contributed by atoms with van der Waals surface area (Å²) in [6.07, 6.45) is 1.68. The van der Waals surface area contributed by atoms with Crippen LogP contribution in [-0.2, 0) is 4.74 Å². The molecule has 5 nitrogen and oxygen atoms in total. The van der Waals surface area contributed by atoms with Crippen LogP contribution in [0.25, 0.3) is 0 Å². The van der Waals surface area contributed by atoms with E-state index in [1.165, 1.54) is 18.2 Å². The Morgan fingerprint density at radius 1 is 1.29 bits per heavy atom. The first-order chi connectivity index (χ1) is 13.0. The van der Waals surface area contributed by atoms with E-state index in [0.717, 1.165) is 25.9 Å². The summed E-state index contributed by atoms with van der Waals surface area (Å²) in [6, 6.07) is 3.91. The molecule has 1 spiro atoms. The van der Waals surface area contributed by atoms with E-state index in [0.29, 0.717) is 12.6 Å². The van der Waals surface area contributed by atoms with Gasteiger partial charge in [-0.3, -0.25) is 0 Å². The van der Waals surface area contributed by atoms with Gasteiger partial charge in [-0.25, -0.2) is 13.6 Å². The Hall–Kier alpha value is -1.73. The first-order valence-electron chi connectivity index (χ1n) is 9.81. The topological polar surface area (TPSA) is 44.8 Å². The summed E-state index contributed by atoms with van der Waals surface area (Å²) in [5, 5.41) is 3.45. The molecule has 1 heterocycles. The molecule has 1 saturated carbocycles. The van der Waals surface area contributed by atoms with Crippen molar-refractivity contribution >= 4 is 6.09 Å². The van der Waals surface area contributed by atoms with Crippen LogP contribution in [0, 0.1) is 17.0 Å². The molecular formula is C21H31F2N3O2. The summed E-state index contributed by atoms with van der Waals surface area (Å²) in [5.74, 6) is -1.03. The second kappa shape index (κ2) is 7.59. The molecule has 3 rings (SSSR count). The smallest absolute Gasteiger partial charge is 0.410 e. The highest BCUT2D eigenvalue weighted by Crippen LogP contribution is 2.48. The zero-order chi connectivity index (χ0) is 20.7. The molecule has 1 saturated heterocycles. The number of benzene rings is 1. The summed E-state index contributed by atoms with van der Waals surface area (Å²) < 4.78 is 33.7. The Kier molecular flexibility index (Phi) is 5.69. The molecule has 0 bridgehead atoms. The predicted molar refractivity (Wildman–Crippen MR) is 104 cm³/mol. The number of ether oxygens (including phenoxy) is 1. The number of carbonyl (C=O) groups is 1. The van der Waals surface area contributed by atoms with Crippen LogP contribution in [0.5, 0.6) is 0 Å². The summed E-state index contributed by atoms with van der Waals surface area (Å²) in [7, 11) is 3.65. The fraction of sp³-hybridized carbons (Fsp3) is 0.667. The summed E-state index contributed by atoms with van der Waals surface area (Å²) >= 11 is 0. The van der Waals surface area contributed by atoms with E-state index in [-0.39, 0.29) is 23.1 Å². The maximum Gasteiger partial charge on any atom is 0.410 e. The van der Waals surface area contributed by atoms with Gasteiger partial charge in [0.2, 0.25) is 0 Å². The van der Waals surface area contributed by atoms with Crippen molar-refractivity contribution in [3.05, 3.63) is 35.4 Å². The summed E-state index contributed by atoms with van der Waals surface area (Å²) in [6.45, 7) is 7.51. The third-order valence-corrected chi connectivity index (χ3v) is 5.62. The molecular weight excluding hydrogens is 364 g/mol. The van der Waals surface area contributed by atoms with Crippen LogP contribution in [0.1, 0.15) is 45.2 Å². The van der Waals surface area contributed by atoms with Crippen molar-refractivity contribution in [2.24, 2.45) is 5.41 Å². The SMILES string of the molecule is CN(C)C(CNC1CC2(C1)CN(C(=O)OC(C)(C)C)C2)c1c(F)cccc1F. The van der Waals surface area contributed by atoms with Gasteiger partial charge >= 0.3 is 6.09 Å². The zero-order valence-electron chi connectivity index (χ0n) is 17.4. The van der Waals surface area contributed by atoms with Crippen LogP contribution in [-0.4, -0.2) is 61.3 Å². The Morgan fingerprint density at radius 3 is 2.36 bits per heavy atom. The van der Waals surface area contributed by atoms with Gasteiger partial charge in [0.15, 0.2) is 0 Å². The van der Waals surface area contributed by atoms with E-state index in [9.17, 15) is 13.6 Å². The molecule has 156 valence electrons. The molecule has 2 aliphatic rings. The third kappa shape index (κ3) is 4.46. The largest absolute Gasteiger partial charge is 0.444 e. The zero-order valence-corrected chi connectivity index (χ0v) is 17.4. The minimum Gasteiger partial charge on any atom is -0.444 e. The van der Waals surface area contributed by atoms with Gasteiger partial charge in [0.1, 0.15) is 17.2 Å². The van der Waals surface area contributed by atoms with Crippen molar-refractivity contribution in [2.75, 3.05) is 33.7 Å². The first kappa shape index (κ1) is 21.0. The van der Waals surface area contributed by atoms with E-state index >= 15 is 0 Å². The number of nitrogens with zero attached hydrogens (tertiary/aromatic N) is 2. The number of hydrogen-bond donors (Lipinski definition) is 1. The maximum absolute atomic E-state index is 14.2. The highest BCUT2D eigenvalue weighted by atomic mass is 19.1. The molecule has 0 radical (unpaired) electrons. The van der Waals surface area contributed by atoms with Crippen LogP contribution in [0.4, 0.5) is 13.6 Å². The molecule has 1 atom stereocenters. The second-order valence-corrected chi connectivity index (χ2v) is 9.46. The van der Waals surface area contributed by atoms with Crippen molar-refractivity contribution in [3.8, 4) is 0 Å². The average molecular weight is 395 g/mol. The quantitative estimate of drug-likeness (QED) is 0.828. The molecule has 1 N–H and O–H groups in total. The van der Waals surface area contributed by atoms with Gasteiger partial charge in [0, 0.05) is 36.7 Å². The fourth-order valence-electron chi connectivity index (χ4n) is 4.26. The second-order valence-electron chi connectivity index (χ2n) is 9.46. The molecule has 1 amide bonds. The van der Waals surface area contributed by atoms with Gasteiger partial charge in [-0.15, -0.1) is 0 Å². The molecule has 1 aromatic rings. The minimum atomic E-state index is -0.516. The lowest BCUT2D eigenvalue weighted by Crippen LogP contribution is -2.67.